The number of rotatable bonds is 6. The Morgan fingerprint density at radius 2 is 2.18 bits per heavy atom. The lowest BCUT2D eigenvalue weighted by molar-refractivity contribution is -0.125. The summed E-state index contributed by atoms with van der Waals surface area (Å²) in [7, 11) is 0. The first-order valence-corrected chi connectivity index (χ1v) is 10.4. The van der Waals surface area contributed by atoms with E-state index in [4.69, 9.17) is 16.0 Å². The van der Waals surface area contributed by atoms with E-state index in [1.165, 1.54) is 11.5 Å². The number of carbonyl (C=O) groups is 1. The zero-order valence-electron chi connectivity index (χ0n) is 15.3. The van der Waals surface area contributed by atoms with Gasteiger partial charge in [0.2, 0.25) is 11.0 Å². The van der Waals surface area contributed by atoms with Crippen LogP contribution in [-0.2, 0) is 17.8 Å². The van der Waals surface area contributed by atoms with E-state index >= 15 is 0 Å². The van der Waals surface area contributed by atoms with Gasteiger partial charge in [-0.25, -0.2) is 4.98 Å². The van der Waals surface area contributed by atoms with Gasteiger partial charge in [0.05, 0.1) is 18.7 Å². The van der Waals surface area contributed by atoms with E-state index in [1.54, 1.807) is 6.26 Å². The van der Waals surface area contributed by atoms with Crippen LogP contribution in [0.2, 0.25) is 5.02 Å². The van der Waals surface area contributed by atoms with Gasteiger partial charge in [-0.2, -0.15) is 4.37 Å². The van der Waals surface area contributed by atoms with Crippen molar-refractivity contribution in [1.29, 1.82) is 0 Å². The van der Waals surface area contributed by atoms with Gasteiger partial charge < -0.3 is 14.6 Å². The highest BCUT2D eigenvalue weighted by Crippen LogP contribution is 2.25. The molecule has 1 aliphatic rings. The molecular weight excluding hydrogens is 396 g/mol. The lowest BCUT2D eigenvalue weighted by Gasteiger charge is -2.31. The molecule has 146 valence electrons. The maximum absolute atomic E-state index is 12.5. The fourth-order valence-electron chi connectivity index (χ4n) is 3.33. The van der Waals surface area contributed by atoms with Crippen molar-refractivity contribution in [3.8, 4) is 0 Å². The van der Waals surface area contributed by atoms with E-state index in [0.29, 0.717) is 19.5 Å². The molecule has 1 aromatic carbocycles. The third-order valence-corrected chi connectivity index (χ3v) is 5.88. The second-order valence-electron chi connectivity index (χ2n) is 6.88. The number of amides is 1. The molecule has 0 bridgehead atoms. The predicted molar refractivity (Wildman–Crippen MR) is 110 cm³/mol. The summed E-state index contributed by atoms with van der Waals surface area (Å²) >= 11 is 7.33. The van der Waals surface area contributed by atoms with Crippen molar-refractivity contribution in [3.63, 3.8) is 0 Å². The summed E-state index contributed by atoms with van der Waals surface area (Å²) in [6.45, 7) is 1.99. The average Bonchev–Trinajstić information content (AvgIpc) is 3.40. The van der Waals surface area contributed by atoms with Crippen molar-refractivity contribution in [2.45, 2.75) is 25.8 Å². The lowest BCUT2D eigenvalue weighted by atomic mass is 9.97. The molecule has 1 N–H and O–H groups in total. The largest absolute Gasteiger partial charge is 0.467 e. The molecule has 1 saturated heterocycles. The van der Waals surface area contributed by atoms with Gasteiger partial charge in [-0.3, -0.25) is 4.79 Å². The Balaban J connectivity index is 1.34. The van der Waals surface area contributed by atoms with Crippen molar-refractivity contribution in [2.24, 2.45) is 5.92 Å². The SMILES string of the molecule is O=C(NCc1ccco1)C1CCCN(c2nc(Cc3ccc(Cl)cc3)ns2)C1. The molecule has 1 unspecified atom stereocenters. The van der Waals surface area contributed by atoms with E-state index in [0.717, 1.165) is 46.7 Å². The molecule has 0 radical (unpaired) electrons. The number of nitrogens with zero attached hydrogens (tertiary/aromatic N) is 3. The number of nitrogens with one attached hydrogen (secondary N) is 1. The van der Waals surface area contributed by atoms with E-state index in [2.05, 4.69) is 19.6 Å². The average molecular weight is 417 g/mol. The summed E-state index contributed by atoms with van der Waals surface area (Å²) in [6.07, 6.45) is 4.14. The lowest BCUT2D eigenvalue weighted by Crippen LogP contribution is -2.42. The summed E-state index contributed by atoms with van der Waals surface area (Å²) in [5.74, 6) is 1.57. The van der Waals surface area contributed by atoms with Crippen LogP contribution in [0.15, 0.2) is 47.1 Å². The summed E-state index contributed by atoms with van der Waals surface area (Å²) in [5.41, 5.74) is 1.13. The third-order valence-electron chi connectivity index (χ3n) is 4.81. The molecule has 3 aromatic rings. The Morgan fingerprint density at radius 1 is 1.32 bits per heavy atom. The fourth-order valence-corrected chi connectivity index (χ4v) is 4.17. The smallest absolute Gasteiger partial charge is 0.225 e. The Kier molecular flexibility index (Phi) is 5.92. The summed E-state index contributed by atoms with van der Waals surface area (Å²) in [6, 6.07) is 11.4. The maximum Gasteiger partial charge on any atom is 0.225 e. The molecule has 0 aliphatic carbocycles. The van der Waals surface area contributed by atoms with Gasteiger partial charge in [-0.1, -0.05) is 23.7 Å². The molecule has 2 aromatic heterocycles. The fraction of sp³-hybridized carbons (Fsp3) is 0.350. The van der Waals surface area contributed by atoms with Crippen molar-refractivity contribution >= 4 is 34.2 Å². The summed E-state index contributed by atoms with van der Waals surface area (Å²) in [4.78, 5) is 19.4. The molecule has 0 saturated carbocycles. The molecule has 6 nitrogen and oxygen atoms in total. The Bertz CT molecular complexity index is 911. The number of anilines is 1. The van der Waals surface area contributed by atoms with E-state index in [-0.39, 0.29) is 11.8 Å². The minimum absolute atomic E-state index is 0.0488. The highest BCUT2D eigenvalue weighted by Gasteiger charge is 2.27. The number of piperidine rings is 1. The van der Waals surface area contributed by atoms with Crippen LogP contribution in [0, 0.1) is 5.92 Å². The molecule has 0 spiro atoms. The number of hydrogen-bond acceptors (Lipinski definition) is 6. The number of aromatic nitrogens is 2. The first-order chi connectivity index (χ1) is 13.7. The van der Waals surface area contributed by atoms with Gasteiger partial charge in [0, 0.05) is 36.1 Å². The molecule has 1 atom stereocenters. The quantitative estimate of drug-likeness (QED) is 0.659. The van der Waals surface area contributed by atoms with Crippen LogP contribution in [0.1, 0.15) is 30.0 Å². The minimum Gasteiger partial charge on any atom is -0.467 e. The van der Waals surface area contributed by atoms with Gasteiger partial charge in [-0.15, -0.1) is 0 Å². The van der Waals surface area contributed by atoms with Crippen LogP contribution in [-0.4, -0.2) is 28.4 Å². The highest BCUT2D eigenvalue weighted by molar-refractivity contribution is 7.09. The van der Waals surface area contributed by atoms with Crippen molar-refractivity contribution in [2.75, 3.05) is 18.0 Å². The maximum atomic E-state index is 12.5. The Labute approximate surface area is 172 Å². The van der Waals surface area contributed by atoms with Crippen LogP contribution in [0.3, 0.4) is 0 Å². The molecule has 3 heterocycles. The highest BCUT2D eigenvalue weighted by atomic mass is 35.5. The minimum atomic E-state index is -0.0488. The summed E-state index contributed by atoms with van der Waals surface area (Å²) in [5, 5.41) is 4.57. The first kappa shape index (κ1) is 19.0. The standard InChI is InChI=1S/C20H21ClN4O2S/c21-16-7-5-14(6-8-16)11-18-23-20(28-24-18)25-9-1-3-15(13-25)19(26)22-12-17-4-2-10-27-17/h2,4-8,10,15H,1,3,9,11-13H2,(H,22,26). The van der Waals surface area contributed by atoms with Gasteiger partial charge in [-0.05, 0) is 42.7 Å². The van der Waals surface area contributed by atoms with Gasteiger partial charge in [0.15, 0.2) is 0 Å². The number of hydrogen-bond donors (Lipinski definition) is 1. The second kappa shape index (κ2) is 8.75. The van der Waals surface area contributed by atoms with E-state index < -0.39 is 0 Å². The normalized spacial score (nSPS) is 16.9. The Morgan fingerprint density at radius 3 is 2.96 bits per heavy atom. The van der Waals surface area contributed by atoms with Crippen LogP contribution in [0.4, 0.5) is 5.13 Å². The number of carbonyl (C=O) groups excluding carboxylic acids is 1. The Hall–Kier alpha value is -2.38. The van der Waals surface area contributed by atoms with Gasteiger partial charge in [0.25, 0.3) is 0 Å². The zero-order valence-corrected chi connectivity index (χ0v) is 16.9. The molecule has 1 fully saturated rings. The number of furan rings is 1. The molecule has 8 heteroatoms. The summed E-state index contributed by atoms with van der Waals surface area (Å²) < 4.78 is 9.76. The van der Waals surface area contributed by atoms with Crippen LogP contribution in [0.25, 0.3) is 0 Å². The predicted octanol–water partition coefficient (Wildman–Crippen LogP) is 3.91. The third kappa shape index (κ3) is 4.72. The van der Waals surface area contributed by atoms with Crippen molar-refractivity contribution in [3.05, 3.63) is 64.8 Å². The molecule has 4 rings (SSSR count). The van der Waals surface area contributed by atoms with Crippen molar-refractivity contribution in [1.82, 2.24) is 14.7 Å². The zero-order chi connectivity index (χ0) is 19.3. The molecule has 1 amide bonds. The molecular formula is C20H21ClN4O2S. The second-order valence-corrected chi connectivity index (χ2v) is 8.05. The van der Waals surface area contributed by atoms with E-state index in [1.807, 2.05) is 36.4 Å². The first-order valence-electron chi connectivity index (χ1n) is 9.29. The molecule has 28 heavy (non-hydrogen) atoms. The van der Waals surface area contributed by atoms with Crippen LogP contribution >= 0.6 is 23.1 Å². The van der Waals surface area contributed by atoms with Crippen LogP contribution < -0.4 is 10.2 Å². The topological polar surface area (TPSA) is 71.3 Å². The van der Waals surface area contributed by atoms with Crippen LogP contribution in [0.5, 0.6) is 0 Å². The number of benzene rings is 1. The van der Waals surface area contributed by atoms with Gasteiger partial charge in [0.1, 0.15) is 11.6 Å². The van der Waals surface area contributed by atoms with E-state index in [9.17, 15) is 4.79 Å². The van der Waals surface area contributed by atoms with Gasteiger partial charge >= 0.3 is 0 Å². The number of halogens is 1. The molecule has 1 aliphatic heterocycles. The monoisotopic (exact) mass is 416 g/mol. The van der Waals surface area contributed by atoms with Crippen molar-refractivity contribution < 1.29 is 9.21 Å².